The van der Waals surface area contributed by atoms with Gasteiger partial charge in [0.2, 0.25) is 10.1 Å². The molecular formula is C17H20N4O2S. The number of nitrogens with zero attached hydrogens (tertiary/aromatic N) is 4. The second-order valence-electron chi connectivity index (χ2n) is 6.37. The van der Waals surface area contributed by atoms with Gasteiger partial charge in [-0.05, 0) is 37.3 Å². The first kappa shape index (κ1) is 15.4. The molecule has 2 unspecified atom stereocenters. The molecule has 7 heteroatoms. The van der Waals surface area contributed by atoms with E-state index in [4.69, 9.17) is 4.42 Å². The topological polar surface area (TPSA) is 63.6 Å². The molecule has 126 valence electrons. The first-order valence-electron chi connectivity index (χ1n) is 8.35. The molecule has 1 fully saturated rings. The Morgan fingerprint density at radius 3 is 3.08 bits per heavy atom. The average molecular weight is 344 g/mol. The van der Waals surface area contributed by atoms with E-state index < -0.39 is 0 Å². The Hall–Kier alpha value is -2.15. The minimum atomic E-state index is -0.112. The van der Waals surface area contributed by atoms with Gasteiger partial charge in [0.1, 0.15) is 5.76 Å². The van der Waals surface area contributed by atoms with Gasteiger partial charge in [-0.3, -0.25) is 4.79 Å². The lowest BCUT2D eigenvalue weighted by atomic mass is 9.91. The minimum absolute atomic E-state index is 0.112. The molecule has 1 aliphatic heterocycles. The highest BCUT2D eigenvalue weighted by Crippen LogP contribution is 2.38. The van der Waals surface area contributed by atoms with Crippen LogP contribution >= 0.6 is 11.3 Å². The molecule has 1 saturated heterocycles. The molecule has 0 spiro atoms. The minimum Gasteiger partial charge on any atom is -0.467 e. The van der Waals surface area contributed by atoms with E-state index in [0.717, 1.165) is 42.4 Å². The SMILES string of the molecule is CCc1cc(=O)n2nc(N3CCC(C)CC3c3ccco3)sc2n1. The number of aryl methyl sites for hydroxylation is 1. The molecule has 6 nitrogen and oxygen atoms in total. The van der Waals surface area contributed by atoms with Crippen molar-refractivity contribution < 1.29 is 4.42 Å². The van der Waals surface area contributed by atoms with Crippen LogP contribution in [0.4, 0.5) is 5.13 Å². The van der Waals surface area contributed by atoms with Crippen LogP contribution in [0.3, 0.4) is 0 Å². The van der Waals surface area contributed by atoms with Crippen molar-refractivity contribution in [3.8, 4) is 0 Å². The molecule has 0 aliphatic carbocycles. The summed E-state index contributed by atoms with van der Waals surface area (Å²) in [5.41, 5.74) is 0.698. The van der Waals surface area contributed by atoms with Crippen LogP contribution in [0, 0.1) is 5.92 Å². The maximum Gasteiger partial charge on any atom is 0.275 e. The van der Waals surface area contributed by atoms with Crippen LogP contribution in [0.25, 0.3) is 4.96 Å². The highest BCUT2D eigenvalue weighted by Gasteiger charge is 2.31. The van der Waals surface area contributed by atoms with Gasteiger partial charge < -0.3 is 9.32 Å². The van der Waals surface area contributed by atoms with Crippen molar-refractivity contribution in [2.45, 2.75) is 39.2 Å². The molecular weight excluding hydrogens is 324 g/mol. The molecule has 0 bridgehead atoms. The molecule has 1 aliphatic rings. The summed E-state index contributed by atoms with van der Waals surface area (Å²) < 4.78 is 7.07. The molecule has 4 rings (SSSR count). The number of anilines is 1. The van der Waals surface area contributed by atoms with Gasteiger partial charge in [0.15, 0.2) is 0 Å². The maximum atomic E-state index is 12.2. The van der Waals surface area contributed by atoms with Gasteiger partial charge >= 0.3 is 0 Å². The molecule has 2 atom stereocenters. The Bertz CT molecular complexity index is 899. The molecule has 0 amide bonds. The largest absolute Gasteiger partial charge is 0.467 e. The summed E-state index contributed by atoms with van der Waals surface area (Å²) in [5.74, 6) is 1.59. The van der Waals surface area contributed by atoms with E-state index in [-0.39, 0.29) is 11.6 Å². The van der Waals surface area contributed by atoms with E-state index in [1.807, 2.05) is 19.1 Å². The molecule has 3 aromatic heterocycles. The van der Waals surface area contributed by atoms with Crippen molar-refractivity contribution in [2.24, 2.45) is 5.92 Å². The standard InChI is InChI=1S/C17H20N4O2S/c1-3-12-10-15(22)21-16(18-12)24-17(19-21)20-7-6-11(2)9-13(20)14-5-4-8-23-14/h4-5,8,10-11,13H,3,6-7,9H2,1-2H3. The predicted molar refractivity (Wildman–Crippen MR) is 93.7 cm³/mol. The highest BCUT2D eigenvalue weighted by molar-refractivity contribution is 7.20. The van der Waals surface area contributed by atoms with Crippen molar-refractivity contribution >= 4 is 21.4 Å². The van der Waals surface area contributed by atoms with Crippen LogP contribution in [0.1, 0.15) is 44.2 Å². The van der Waals surface area contributed by atoms with E-state index in [1.54, 1.807) is 12.3 Å². The van der Waals surface area contributed by atoms with Crippen molar-refractivity contribution in [2.75, 3.05) is 11.4 Å². The second kappa shape index (κ2) is 6.05. The van der Waals surface area contributed by atoms with Crippen LogP contribution < -0.4 is 10.5 Å². The third-order valence-corrected chi connectivity index (χ3v) is 5.58. The average Bonchev–Trinajstić information content (AvgIpc) is 3.24. The molecule has 0 N–H and O–H groups in total. The normalized spacial score (nSPS) is 21.5. The summed E-state index contributed by atoms with van der Waals surface area (Å²) in [6.07, 6.45) is 4.58. The van der Waals surface area contributed by atoms with Crippen LogP contribution in [0.2, 0.25) is 0 Å². The lowest BCUT2D eigenvalue weighted by Gasteiger charge is -2.36. The Kier molecular flexibility index (Phi) is 3.88. The first-order valence-corrected chi connectivity index (χ1v) is 9.17. The van der Waals surface area contributed by atoms with E-state index in [0.29, 0.717) is 10.9 Å². The zero-order chi connectivity index (χ0) is 16.7. The Labute approximate surface area is 143 Å². The molecule has 3 aromatic rings. The van der Waals surface area contributed by atoms with Crippen LogP contribution in [0.15, 0.2) is 33.7 Å². The molecule has 0 saturated carbocycles. The van der Waals surface area contributed by atoms with Gasteiger partial charge in [0, 0.05) is 18.3 Å². The van der Waals surface area contributed by atoms with Gasteiger partial charge in [-0.25, -0.2) is 4.98 Å². The number of rotatable bonds is 3. The van der Waals surface area contributed by atoms with E-state index >= 15 is 0 Å². The van der Waals surface area contributed by atoms with E-state index in [9.17, 15) is 4.79 Å². The Morgan fingerprint density at radius 1 is 1.46 bits per heavy atom. The molecule has 24 heavy (non-hydrogen) atoms. The fourth-order valence-electron chi connectivity index (χ4n) is 3.26. The van der Waals surface area contributed by atoms with Crippen molar-refractivity contribution in [3.05, 3.63) is 46.3 Å². The Morgan fingerprint density at radius 2 is 2.33 bits per heavy atom. The summed E-state index contributed by atoms with van der Waals surface area (Å²) in [5, 5.41) is 5.38. The zero-order valence-corrected chi connectivity index (χ0v) is 14.6. The third-order valence-electron chi connectivity index (χ3n) is 4.63. The van der Waals surface area contributed by atoms with Gasteiger partial charge in [-0.2, -0.15) is 4.52 Å². The number of furan rings is 1. The zero-order valence-electron chi connectivity index (χ0n) is 13.8. The highest BCUT2D eigenvalue weighted by atomic mass is 32.1. The van der Waals surface area contributed by atoms with Gasteiger partial charge in [0.05, 0.1) is 12.3 Å². The van der Waals surface area contributed by atoms with Crippen molar-refractivity contribution in [3.63, 3.8) is 0 Å². The lowest BCUT2D eigenvalue weighted by Crippen LogP contribution is -2.36. The summed E-state index contributed by atoms with van der Waals surface area (Å²) in [6, 6.07) is 5.66. The monoisotopic (exact) mass is 344 g/mol. The number of fused-ring (bicyclic) bond motifs is 1. The van der Waals surface area contributed by atoms with Gasteiger partial charge in [-0.1, -0.05) is 25.2 Å². The molecule has 0 aromatic carbocycles. The van der Waals surface area contributed by atoms with Crippen LogP contribution in [-0.2, 0) is 6.42 Å². The quantitative estimate of drug-likeness (QED) is 0.729. The van der Waals surface area contributed by atoms with Crippen LogP contribution in [0.5, 0.6) is 0 Å². The number of aromatic nitrogens is 3. The van der Waals surface area contributed by atoms with Crippen molar-refractivity contribution in [1.29, 1.82) is 0 Å². The molecule has 0 radical (unpaired) electrons. The first-order chi connectivity index (χ1) is 11.7. The van der Waals surface area contributed by atoms with E-state index in [2.05, 4.69) is 21.9 Å². The van der Waals surface area contributed by atoms with Crippen molar-refractivity contribution in [1.82, 2.24) is 14.6 Å². The molecule has 4 heterocycles. The smallest absolute Gasteiger partial charge is 0.275 e. The number of hydrogen-bond donors (Lipinski definition) is 0. The fourth-order valence-corrected chi connectivity index (χ4v) is 4.27. The van der Waals surface area contributed by atoms with E-state index in [1.165, 1.54) is 15.9 Å². The lowest BCUT2D eigenvalue weighted by molar-refractivity contribution is 0.328. The second-order valence-corrected chi connectivity index (χ2v) is 7.31. The number of hydrogen-bond acceptors (Lipinski definition) is 6. The third kappa shape index (κ3) is 2.62. The summed E-state index contributed by atoms with van der Waals surface area (Å²) in [7, 11) is 0. The fraction of sp³-hybridized carbons (Fsp3) is 0.471. The van der Waals surface area contributed by atoms with Gasteiger partial charge in [0.25, 0.3) is 5.56 Å². The number of piperidine rings is 1. The summed E-state index contributed by atoms with van der Waals surface area (Å²) in [6.45, 7) is 5.17. The maximum absolute atomic E-state index is 12.2. The van der Waals surface area contributed by atoms with Crippen LogP contribution in [-0.4, -0.2) is 21.1 Å². The van der Waals surface area contributed by atoms with Gasteiger partial charge in [-0.15, -0.1) is 5.10 Å². The predicted octanol–water partition coefficient (Wildman–Crippen LogP) is 3.28. The Balaban J connectivity index is 1.77. The summed E-state index contributed by atoms with van der Waals surface area (Å²) in [4.78, 5) is 19.7. The summed E-state index contributed by atoms with van der Waals surface area (Å²) >= 11 is 1.47.